The number of morpholine rings is 1. The molecule has 0 bridgehead atoms. The molecule has 32 heavy (non-hydrogen) atoms. The Hall–Kier alpha value is -3.65. The number of hydrogen-bond donors (Lipinski definition) is 1. The lowest BCUT2D eigenvalue weighted by molar-refractivity contribution is -0.142. The van der Waals surface area contributed by atoms with Crippen LogP contribution < -0.4 is 15.2 Å². The molecule has 2 N–H and O–H groups in total. The number of ether oxygens (including phenoxy) is 3. The maximum absolute atomic E-state index is 12.6. The second-order valence-electron chi connectivity index (χ2n) is 7.84. The van der Waals surface area contributed by atoms with Crippen molar-refractivity contribution < 1.29 is 19.0 Å². The number of benzene rings is 2. The molecule has 2 aliphatic heterocycles. The number of rotatable bonds is 4. The lowest BCUT2D eigenvalue weighted by atomic mass is 9.94. The third-order valence-electron chi connectivity index (χ3n) is 5.70. The lowest BCUT2D eigenvalue weighted by Crippen LogP contribution is -2.46. The predicted molar refractivity (Wildman–Crippen MR) is 119 cm³/mol. The minimum Gasteiger partial charge on any atom is -0.488 e. The Morgan fingerprint density at radius 2 is 1.94 bits per heavy atom. The number of carbonyl (C=O) groups excluding carboxylic acids is 1. The molecule has 3 aromatic rings. The maximum Gasteiger partial charge on any atom is 0.263 e. The minimum atomic E-state index is -0.586. The highest BCUT2D eigenvalue weighted by atomic mass is 16.5. The topological polar surface area (TPSA) is 99.8 Å². The van der Waals surface area contributed by atoms with Crippen LogP contribution in [-0.4, -0.2) is 53.2 Å². The van der Waals surface area contributed by atoms with Crippen LogP contribution in [0.1, 0.15) is 12.5 Å². The van der Waals surface area contributed by atoms with Crippen molar-refractivity contribution >= 4 is 11.7 Å². The molecule has 8 nitrogen and oxygen atoms in total. The van der Waals surface area contributed by atoms with Crippen LogP contribution in [0.4, 0.5) is 5.82 Å². The molecule has 8 heteroatoms. The van der Waals surface area contributed by atoms with Gasteiger partial charge in [0.2, 0.25) is 0 Å². The number of carbonyl (C=O) groups is 1. The fraction of sp³-hybridized carbons (Fsp3) is 0.292. The van der Waals surface area contributed by atoms with Gasteiger partial charge in [-0.3, -0.25) is 4.79 Å². The zero-order valence-corrected chi connectivity index (χ0v) is 17.8. The molecule has 1 fully saturated rings. The number of nitrogen functional groups attached to an aromatic ring is 1. The molecule has 3 heterocycles. The Labute approximate surface area is 185 Å². The Balaban J connectivity index is 1.38. The van der Waals surface area contributed by atoms with Crippen molar-refractivity contribution in [3.05, 3.63) is 54.4 Å². The number of anilines is 1. The number of fused-ring (bicyclic) bond motifs is 3. The van der Waals surface area contributed by atoms with Crippen molar-refractivity contribution in [2.45, 2.75) is 19.6 Å². The summed E-state index contributed by atoms with van der Waals surface area (Å²) in [6, 6.07) is 13.6. The molecule has 1 aromatic heterocycles. The van der Waals surface area contributed by atoms with Crippen molar-refractivity contribution in [1.29, 1.82) is 0 Å². The fourth-order valence-electron chi connectivity index (χ4n) is 4.01. The van der Waals surface area contributed by atoms with E-state index in [0.29, 0.717) is 44.5 Å². The predicted octanol–water partition coefficient (Wildman–Crippen LogP) is 2.91. The number of aromatic nitrogens is 2. The number of amides is 1. The lowest BCUT2D eigenvalue weighted by Gasteiger charge is -2.29. The number of hydrogen-bond acceptors (Lipinski definition) is 7. The van der Waals surface area contributed by atoms with E-state index in [9.17, 15) is 4.79 Å². The summed E-state index contributed by atoms with van der Waals surface area (Å²) in [5.74, 6) is 1.71. The summed E-state index contributed by atoms with van der Waals surface area (Å²) in [6.07, 6.45) is 0.876. The molecule has 164 valence electrons. The summed E-state index contributed by atoms with van der Waals surface area (Å²) in [5, 5.41) is 0. The zero-order valence-electron chi connectivity index (χ0n) is 17.8. The smallest absolute Gasteiger partial charge is 0.263 e. The standard InChI is InChI=1S/C24H24N4O4/c1-15(24(29)28-6-8-30-9-7-28)32-18-4-5-19-20-10-16(21-12-23(25)27-14-26-21)2-3-17(20)13-31-22(19)11-18/h2-5,10-12,14-15H,6-9,13H2,1H3,(H2,25,26,27)/t15-/m1/s1. The van der Waals surface area contributed by atoms with Crippen molar-refractivity contribution in [2.75, 3.05) is 32.0 Å². The van der Waals surface area contributed by atoms with Gasteiger partial charge in [-0.2, -0.15) is 0 Å². The van der Waals surface area contributed by atoms with Gasteiger partial charge in [0.25, 0.3) is 5.91 Å². The van der Waals surface area contributed by atoms with E-state index < -0.39 is 6.10 Å². The van der Waals surface area contributed by atoms with Gasteiger partial charge in [0.15, 0.2) is 6.10 Å². The molecule has 5 rings (SSSR count). The van der Waals surface area contributed by atoms with Gasteiger partial charge in [0.1, 0.15) is 30.3 Å². The van der Waals surface area contributed by atoms with Crippen LogP contribution in [-0.2, 0) is 16.1 Å². The molecule has 2 aliphatic rings. The largest absolute Gasteiger partial charge is 0.488 e. The first-order chi connectivity index (χ1) is 15.6. The minimum absolute atomic E-state index is 0.0361. The van der Waals surface area contributed by atoms with Crippen LogP contribution >= 0.6 is 0 Å². The molecule has 0 radical (unpaired) electrons. The molecule has 2 aromatic carbocycles. The van der Waals surface area contributed by atoms with Crippen LogP contribution in [0.15, 0.2) is 48.8 Å². The molecule has 1 atom stereocenters. The summed E-state index contributed by atoms with van der Waals surface area (Å²) < 4.78 is 17.2. The van der Waals surface area contributed by atoms with Gasteiger partial charge in [-0.1, -0.05) is 12.1 Å². The molecule has 0 spiro atoms. The first-order valence-corrected chi connectivity index (χ1v) is 10.6. The van der Waals surface area contributed by atoms with E-state index in [2.05, 4.69) is 16.0 Å². The van der Waals surface area contributed by atoms with Gasteiger partial charge in [0.05, 0.1) is 18.9 Å². The summed E-state index contributed by atoms with van der Waals surface area (Å²) in [5.41, 5.74) is 10.7. The second kappa shape index (κ2) is 8.47. The Morgan fingerprint density at radius 1 is 1.09 bits per heavy atom. The van der Waals surface area contributed by atoms with Gasteiger partial charge < -0.3 is 24.8 Å². The second-order valence-corrected chi connectivity index (χ2v) is 7.84. The van der Waals surface area contributed by atoms with Crippen LogP contribution in [0.5, 0.6) is 11.5 Å². The molecule has 0 saturated carbocycles. The van der Waals surface area contributed by atoms with E-state index in [1.54, 1.807) is 17.9 Å². The van der Waals surface area contributed by atoms with Gasteiger partial charge in [0, 0.05) is 36.3 Å². The highest BCUT2D eigenvalue weighted by Gasteiger charge is 2.25. The van der Waals surface area contributed by atoms with Crippen LogP contribution in [0, 0.1) is 0 Å². The number of nitrogens with two attached hydrogens (primary N) is 1. The van der Waals surface area contributed by atoms with Crippen molar-refractivity contribution in [3.63, 3.8) is 0 Å². The van der Waals surface area contributed by atoms with E-state index in [-0.39, 0.29) is 5.91 Å². The van der Waals surface area contributed by atoms with E-state index in [4.69, 9.17) is 19.9 Å². The van der Waals surface area contributed by atoms with Gasteiger partial charge >= 0.3 is 0 Å². The zero-order chi connectivity index (χ0) is 22.1. The monoisotopic (exact) mass is 432 g/mol. The Morgan fingerprint density at radius 3 is 2.75 bits per heavy atom. The summed E-state index contributed by atoms with van der Waals surface area (Å²) in [6.45, 7) is 4.55. The molecular weight excluding hydrogens is 408 g/mol. The first kappa shape index (κ1) is 20.3. The average Bonchev–Trinajstić information content (AvgIpc) is 2.83. The third-order valence-corrected chi connectivity index (χ3v) is 5.70. The molecule has 0 aliphatic carbocycles. The van der Waals surface area contributed by atoms with Crippen LogP contribution in [0.3, 0.4) is 0 Å². The van der Waals surface area contributed by atoms with E-state index in [0.717, 1.165) is 33.7 Å². The molecule has 1 saturated heterocycles. The number of nitrogens with zero attached hydrogens (tertiary/aromatic N) is 3. The van der Waals surface area contributed by atoms with Crippen molar-refractivity contribution in [1.82, 2.24) is 14.9 Å². The van der Waals surface area contributed by atoms with Crippen molar-refractivity contribution in [3.8, 4) is 33.9 Å². The average molecular weight is 432 g/mol. The Bertz CT molecular complexity index is 1160. The quantitative estimate of drug-likeness (QED) is 0.677. The van der Waals surface area contributed by atoms with Crippen LogP contribution in [0.2, 0.25) is 0 Å². The summed E-state index contributed by atoms with van der Waals surface area (Å²) >= 11 is 0. The van der Waals surface area contributed by atoms with Crippen LogP contribution in [0.25, 0.3) is 22.4 Å². The third kappa shape index (κ3) is 3.97. The highest BCUT2D eigenvalue weighted by molar-refractivity contribution is 5.82. The van der Waals surface area contributed by atoms with Gasteiger partial charge in [-0.15, -0.1) is 0 Å². The molecule has 1 amide bonds. The maximum atomic E-state index is 12.6. The normalized spacial score (nSPS) is 15.8. The SMILES string of the molecule is C[C@@H](Oc1ccc2c(c1)OCc1ccc(-c3cc(N)ncn3)cc1-2)C(=O)N1CCOCC1. The first-order valence-electron chi connectivity index (χ1n) is 10.6. The van der Waals surface area contributed by atoms with Gasteiger partial charge in [-0.25, -0.2) is 9.97 Å². The molecule has 0 unspecified atom stereocenters. The summed E-state index contributed by atoms with van der Waals surface area (Å²) in [4.78, 5) is 22.7. The van der Waals surface area contributed by atoms with Gasteiger partial charge in [-0.05, 0) is 36.2 Å². The van der Waals surface area contributed by atoms with E-state index >= 15 is 0 Å². The van der Waals surface area contributed by atoms with Crippen molar-refractivity contribution in [2.24, 2.45) is 0 Å². The highest BCUT2D eigenvalue weighted by Crippen LogP contribution is 2.41. The van der Waals surface area contributed by atoms with E-state index in [1.807, 2.05) is 30.3 Å². The fourth-order valence-corrected chi connectivity index (χ4v) is 4.01. The molecular formula is C24H24N4O4. The van der Waals surface area contributed by atoms with E-state index in [1.165, 1.54) is 6.33 Å². The summed E-state index contributed by atoms with van der Waals surface area (Å²) in [7, 11) is 0. The Kier molecular flexibility index (Phi) is 5.36.